The average Bonchev–Trinajstić information content (AvgIpc) is 3.07. The third kappa shape index (κ3) is 5.31. The van der Waals surface area contributed by atoms with E-state index in [0.29, 0.717) is 22.6 Å². The Bertz CT molecular complexity index is 1220. The van der Waals surface area contributed by atoms with E-state index < -0.39 is 12.0 Å². The number of fused-ring (bicyclic) bond motifs is 1. The zero-order valence-electron chi connectivity index (χ0n) is 19.7. The highest BCUT2D eigenvalue weighted by atomic mass is 16.5. The number of amides is 3. The Balaban J connectivity index is 1.79. The van der Waals surface area contributed by atoms with E-state index in [-0.39, 0.29) is 24.1 Å². The molecule has 0 saturated carbocycles. The van der Waals surface area contributed by atoms with Crippen molar-refractivity contribution in [2.75, 3.05) is 19.5 Å². The first-order chi connectivity index (χ1) is 15.6. The first kappa shape index (κ1) is 23.8. The van der Waals surface area contributed by atoms with Crippen LogP contribution in [0.3, 0.4) is 0 Å². The van der Waals surface area contributed by atoms with E-state index in [4.69, 9.17) is 4.74 Å². The van der Waals surface area contributed by atoms with Crippen molar-refractivity contribution in [1.29, 1.82) is 0 Å². The number of carbonyl (C=O) groups is 3. The predicted molar refractivity (Wildman–Crippen MR) is 126 cm³/mol. The highest BCUT2D eigenvalue weighted by Crippen LogP contribution is 2.21. The van der Waals surface area contributed by atoms with Crippen LogP contribution >= 0.6 is 0 Å². The summed E-state index contributed by atoms with van der Waals surface area (Å²) < 4.78 is 6.69. The van der Waals surface area contributed by atoms with Gasteiger partial charge in [0.2, 0.25) is 0 Å². The first-order valence-electron chi connectivity index (χ1n) is 10.6. The summed E-state index contributed by atoms with van der Waals surface area (Å²) in [4.78, 5) is 43.3. The van der Waals surface area contributed by atoms with Crippen LogP contribution in [0.4, 0.5) is 10.5 Å². The zero-order chi connectivity index (χ0) is 24.3. The second kappa shape index (κ2) is 9.72. The van der Waals surface area contributed by atoms with E-state index in [1.54, 1.807) is 37.4 Å². The van der Waals surface area contributed by atoms with Crippen LogP contribution in [0.5, 0.6) is 0 Å². The summed E-state index contributed by atoms with van der Waals surface area (Å²) in [5.74, 6) is -0.0303. The number of imidazole rings is 1. The Kier molecular flexibility index (Phi) is 7.01. The molecule has 3 aromatic rings. The van der Waals surface area contributed by atoms with Crippen molar-refractivity contribution in [3.63, 3.8) is 0 Å². The summed E-state index contributed by atoms with van der Waals surface area (Å²) in [6, 6.07) is 10.1. The molecule has 0 fully saturated rings. The smallest absolute Gasteiger partial charge is 0.339 e. The predicted octanol–water partition coefficient (Wildman–Crippen LogP) is 3.47. The number of hydrogen-bond acceptors (Lipinski definition) is 5. The van der Waals surface area contributed by atoms with Crippen molar-refractivity contribution in [2.24, 2.45) is 7.05 Å². The van der Waals surface area contributed by atoms with Crippen molar-refractivity contribution >= 4 is 34.6 Å². The summed E-state index contributed by atoms with van der Waals surface area (Å²) in [5, 5.41) is 5.65. The van der Waals surface area contributed by atoms with E-state index in [2.05, 4.69) is 15.6 Å². The van der Waals surface area contributed by atoms with Crippen molar-refractivity contribution in [2.45, 2.75) is 33.4 Å². The van der Waals surface area contributed by atoms with Crippen LogP contribution in [-0.4, -0.2) is 52.6 Å². The molecule has 2 aromatic carbocycles. The fraction of sp³-hybridized carbons (Fsp3) is 0.333. The van der Waals surface area contributed by atoms with E-state index in [1.165, 1.54) is 12.0 Å². The maximum absolute atomic E-state index is 12.8. The van der Waals surface area contributed by atoms with E-state index in [1.807, 2.05) is 38.5 Å². The SMILES string of the molecule is COC(=O)c1ccc(C)cc1NC(=O)N(C)Cc1nc2cc(C(=O)NC(C)C)ccc2n1C. The second-order valence-corrected chi connectivity index (χ2v) is 8.25. The van der Waals surface area contributed by atoms with Gasteiger partial charge in [0.05, 0.1) is 35.9 Å². The Morgan fingerprint density at radius 1 is 1.15 bits per heavy atom. The molecule has 33 heavy (non-hydrogen) atoms. The summed E-state index contributed by atoms with van der Waals surface area (Å²) >= 11 is 0. The number of methoxy groups -OCH3 is 1. The average molecular weight is 452 g/mol. The van der Waals surface area contributed by atoms with Crippen molar-refractivity contribution < 1.29 is 19.1 Å². The van der Waals surface area contributed by atoms with Crippen LogP contribution < -0.4 is 10.6 Å². The Labute approximate surface area is 192 Å². The molecule has 174 valence electrons. The monoisotopic (exact) mass is 451 g/mol. The fourth-order valence-corrected chi connectivity index (χ4v) is 3.42. The van der Waals surface area contributed by atoms with Gasteiger partial charge < -0.3 is 24.8 Å². The lowest BCUT2D eigenvalue weighted by molar-refractivity contribution is 0.0601. The summed E-state index contributed by atoms with van der Waals surface area (Å²) in [6.07, 6.45) is 0. The molecule has 3 rings (SSSR count). The molecular formula is C24H29N5O4. The van der Waals surface area contributed by atoms with Crippen LogP contribution in [0, 0.1) is 6.92 Å². The van der Waals surface area contributed by atoms with Gasteiger partial charge in [0, 0.05) is 25.7 Å². The van der Waals surface area contributed by atoms with Gasteiger partial charge in [0.1, 0.15) is 5.82 Å². The quantitative estimate of drug-likeness (QED) is 0.558. The van der Waals surface area contributed by atoms with Crippen molar-refractivity contribution in [3.8, 4) is 0 Å². The van der Waals surface area contributed by atoms with Gasteiger partial charge in [-0.15, -0.1) is 0 Å². The minimum absolute atomic E-state index is 0.0350. The van der Waals surface area contributed by atoms with Crippen LogP contribution in [0.15, 0.2) is 36.4 Å². The maximum atomic E-state index is 12.8. The number of esters is 1. The number of carbonyl (C=O) groups excluding carboxylic acids is 3. The molecule has 0 bridgehead atoms. The fourth-order valence-electron chi connectivity index (χ4n) is 3.42. The summed E-state index contributed by atoms with van der Waals surface area (Å²) in [5.41, 5.74) is 3.61. The molecule has 0 radical (unpaired) electrons. The zero-order valence-corrected chi connectivity index (χ0v) is 19.7. The van der Waals surface area contributed by atoms with E-state index in [9.17, 15) is 14.4 Å². The number of anilines is 1. The molecule has 3 amide bonds. The molecule has 0 unspecified atom stereocenters. The number of benzene rings is 2. The maximum Gasteiger partial charge on any atom is 0.339 e. The standard InChI is InChI=1S/C24H29N5O4/c1-14(2)25-22(30)16-8-10-20-19(12-16)26-21(29(20)5)13-28(4)24(32)27-18-11-15(3)7-9-17(18)23(31)33-6/h7-12,14H,13H2,1-6H3,(H,25,30)(H,27,32). The molecule has 0 spiro atoms. The molecular weight excluding hydrogens is 422 g/mol. The molecule has 1 heterocycles. The number of rotatable bonds is 6. The number of ether oxygens (including phenoxy) is 1. The van der Waals surface area contributed by atoms with Gasteiger partial charge in [-0.3, -0.25) is 4.79 Å². The molecule has 9 heteroatoms. The molecule has 2 N–H and O–H groups in total. The minimum Gasteiger partial charge on any atom is -0.465 e. The molecule has 0 atom stereocenters. The van der Waals surface area contributed by atoms with Gasteiger partial charge in [-0.25, -0.2) is 14.6 Å². The van der Waals surface area contributed by atoms with Crippen molar-refractivity contribution in [3.05, 3.63) is 58.9 Å². The van der Waals surface area contributed by atoms with Gasteiger partial charge in [-0.2, -0.15) is 0 Å². The third-order valence-corrected chi connectivity index (χ3v) is 5.20. The largest absolute Gasteiger partial charge is 0.465 e. The van der Waals surface area contributed by atoms with Gasteiger partial charge in [0.15, 0.2) is 0 Å². The molecule has 9 nitrogen and oxygen atoms in total. The van der Waals surface area contributed by atoms with Crippen molar-refractivity contribution in [1.82, 2.24) is 19.8 Å². The van der Waals surface area contributed by atoms with Gasteiger partial charge >= 0.3 is 12.0 Å². The number of urea groups is 1. The first-order valence-corrected chi connectivity index (χ1v) is 10.6. The highest BCUT2D eigenvalue weighted by Gasteiger charge is 2.19. The molecule has 1 aromatic heterocycles. The van der Waals surface area contributed by atoms with Crippen LogP contribution in [0.2, 0.25) is 0 Å². The van der Waals surface area contributed by atoms with E-state index >= 15 is 0 Å². The van der Waals surface area contributed by atoms with Crippen LogP contribution in [0.1, 0.15) is 46.0 Å². The lowest BCUT2D eigenvalue weighted by Crippen LogP contribution is -2.32. The van der Waals surface area contributed by atoms with Crippen LogP contribution in [-0.2, 0) is 18.3 Å². The van der Waals surface area contributed by atoms with Crippen LogP contribution in [0.25, 0.3) is 11.0 Å². The Morgan fingerprint density at radius 3 is 2.55 bits per heavy atom. The normalized spacial score (nSPS) is 10.9. The number of hydrogen-bond donors (Lipinski definition) is 2. The van der Waals surface area contributed by atoms with Gasteiger partial charge in [-0.1, -0.05) is 6.07 Å². The molecule has 0 aliphatic heterocycles. The number of nitrogens with one attached hydrogen (secondary N) is 2. The Morgan fingerprint density at radius 2 is 1.88 bits per heavy atom. The Hall–Kier alpha value is -3.88. The van der Waals surface area contributed by atoms with E-state index in [0.717, 1.165) is 11.1 Å². The molecule has 0 aliphatic rings. The summed E-state index contributed by atoms with van der Waals surface area (Å²) in [7, 11) is 4.80. The lowest BCUT2D eigenvalue weighted by atomic mass is 10.1. The molecule has 0 saturated heterocycles. The third-order valence-electron chi connectivity index (χ3n) is 5.20. The van der Waals surface area contributed by atoms with Gasteiger partial charge in [-0.05, 0) is 56.7 Å². The van der Waals surface area contributed by atoms with Gasteiger partial charge in [0.25, 0.3) is 5.91 Å². The summed E-state index contributed by atoms with van der Waals surface area (Å²) in [6.45, 7) is 5.90. The number of nitrogens with zero attached hydrogens (tertiary/aromatic N) is 3. The highest BCUT2D eigenvalue weighted by molar-refractivity contribution is 6.01. The number of aromatic nitrogens is 2. The topological polar surface area (TPSA) is 106 Å². The number of aryl methyl sites for hydroxylation is 2. The lowest BCUT2D eigenvalue weighted by Gasteiger charge is -2.19. The minimum atomic E-state index is -0.527. The second-order valence-electron chi connectivity index (χ2n) is 8.25. The molecule has 0 aliphatic carbocycles.